The first-order chi connectivity index (χ1) is 8.60. The quantitative estimate of drug-likeness (QED) is 0.741. The number of hydrogen-bond acceptors (Lipinski definition) is 4. The zero-order valence-electron chi connectivity index (χ0n) is 12.2. The van der Waals surface area contributed by atoms with E-state index >= 15 is 0 Å². The summed E-state index contributed by atoms with van der Waals surface area (Å²) in [5.74, 6) is 0.723. The maximum absolute atomic E-state index is 5.32. The molecule has 0 spiro atoms. The molecular weight excluding hydrogens is 226 g/mol. The van der Waals surface area contributed by atoms with Gasteiger partial charge in [-0.1, -0.05) is 13.0 Å². The summed E-state index contributed by atoms with van der Waals surface area (Å²) in [5, 5.41) is 0. The fourth-order valence-electron chi connectivity index (χ4n) is 1.81. The minimum atomic E-state index is 0.305. The third-order valence-corrected chi connectivity index (χ3v) is 3.48. The van der Waals surface area contributed by atoms with E-state index in [1.54, 1.807) is 13.3 Å². The van der Waals surface area contributed by atoms with E-state index < -0.39 is 0 Å². The number of methoxy groups -OCH3 is 1. The van der Waals surface area contributed by atoms with Gasteiger partial charge in [-0.05, 0) is 33.6 Å². The van der Waals surface area contributed by atoms with Crippen molar-refractivity contribution in [2.24, 2.45) is 0 Å². The molecule has 0 aliphatic heterocycles. The van der Waals surface area contributed by atoms with Crippen molar-refractivity contribution in [2.75, 3.05) is 40.8 Å². The van der Waals surface area contributed by atoms with E-state index in [9.17, 15) is 0 Å². The number of hydrogen-bond donors (Lipinski definition) is 0. The fraction of sp³-hybridized carbons (Fsp3) is 0.643. The van der Waals surface area contributed by atoms with Crippen LogP contribution in [0.25, 0.3) is 0 Å². The number of likely N-dealkylation sites (N-methyl/N-ethyl adjacent to an activating group) is 2. The zero-order chi connectivity index (χ0) is 13.5. The van der Waals surface area contributed by atoms with Crippen molar-refractivity contribution in [3.8, 4) is 5.88 Å². The number of nitrogens with zero attached hydrogens (tertiary/aromatic N) is 3. The summed E-state index contributed by atoms with van der Waals surface area (Å²) in [5.41, 5.74) is 1.14. The molecule has 0 N–H and O–H groups in total. The summed E-state index contributed by atoms with van der Waals surface area (Å²) in [6.45, 7) is 7.54. The van der Waals surface area contributed by atoms with Crippen LogP contribution >= 0.6 is 0 Å². The molecule has 1 atom stereocenters. The molecule has 0 saturated carbocycles. The van der Waals surface area contributed by atoms with Crippen LogP contribution < -0.4 is 4.74 Å². The monoisotopic (exact) mass is 251 g/mol. The van der Waals surface area contributed by atoms with Crippen LogP contribution in [0.3, 0.4) is 0 Å². The fourth-order valence-corrected chi connectivity index (χ4v) is 1.81. The second-order valence-corrected chi connectivity index (χ2v) is 4.65. The molecule has 0 bridgehead atoms. The van der Waals surface area contributed by atoms with Crippen LogP contribution in [0.1, 0.15) is 25.5 Å². The third-order valence-electron chi connectivity index (χ3n) is 3.48. The number of pyridine rings is 1. The van der Waals surface area contributed by atoms with Crippen molar-refractivity contribution in [3.63, 3.8) is 0 Å². The molecule has 0 amide bonds. The molecule has 0 radical (unpaired) electrons. The van der Waals surface area contributed by atoms with E-state index in [4.69, 9.17) is 4.74 Å². The van der Waals surface area contributed by atoms with Crippen LogP contribution in [-0.4, -0.2) is 55.6 Å². The van der Waals surface area contributed by atoms with E-state index in [0.717, 1.165) is 31.1 Å². The molecule has 0 aromatic carbocycles. The Hall–Kier alpha value is -1.13. The SMILES string of the molecule is CCN(C)CCN(C)[C@H](C)c1cccnc1OC. The maximum atomic E-state index is 5.32. The van der Waals surface area contributed by atoms with Gasteiger partial charge in [-0.25, -0.2) is 4.98 Å². The Bertz CT molecular complexity index is 357. The minimum Gasteiger partial charge on any atom is -0.481 e. The molecule has 0 fully saturated rings. The van der Waals surface area contributed by atoms with Gasteiger partial charge in [0.25, 0.3) is 0 Å². The predicted octanol–water partition coefficient (Wildman–Crippen LogP) is 2.03. The van der Waals surface area contributed by atoms with Crippen molar-refractivity contribution < 1.29 is 4.74 Å². The van der Waals surface area contributed by atoms with Gasteiger partial charge < -0.3 is 9.64 Å². The molecule has 4 nitrogen and oxygen atoms in total. The average Bonchev–Trinajstić information content (AvgIpc) is 2.43. The van der Waals surface area contributed by atoms with Gasteiger partial charge in [0, 0.05) is 30.9 Å². The van der Waals surface area contributed by atoms with E-state index in [1.165, 1.54) is 0 Å². The van der Waals surface area contributed by atoms with Crippen LogP contribution in [0.4, 0.5) is 0 Å². The molecule has 0 aliphatic carbocycles. The molecule has 0 saturated heterocycles. The highest BCUT2D eigenvalue weighted by atomic mass is 16.5. The van der Waals surface area contributed by atoms with Crippen LogP contribution in [0, 0.1) is 0 Å². The van der Waals surface area contributed by atoms with E-state index in [1.807, 2.05) is 6.07 Å². The highest BCUT2D eigenvalue weighted by molar-refractivity contribution is 5.28. The van der Waals surface area contributed by atoms with Gasteiger partial charge in [-0.3, -0.25) is 4.90 Å². The largest absolute Gasteiger partial charge is 0.481 e. The first-order valence-electron chi connectivity index (χ1n) is 6.47. The highest BCUT2D eigenvalue weighted by Gasteiger charge is 2.16. The molecule has 0 aliphatic rings. The third kappa shape index (κ3) is 3.96. The molecule has 4 heteroatoms. The Morgan fingerprint density at radius 2 is 2.06 bits per heavy atom. The van der Waals surface area contributed by atoms with Gasteiger partial charge in [0.2, 0.25) is 5.88 Å². The zero-order valence-corrected chi connectivity index (χ0v) is 12.2. The first kappa shape index (κ1) is 14.9. The van der Waals surface area contributed by atoms with Crippen molar-refractivity contribution in [3.05, 3.63) is 23.9 Å². The van der Waals surface area contributed by atoms with Gasteiger partial charge >= 0.3 is 0 Å². The van der Waals surface area contributed by atoms with Gasteiger partial charge in [-0.15, -0.1) is 0 Å². The Balaban J connectivity index is 2.65. The van der Waals surface area contributed by atoms with Crippen LogP contribution in [-0.2, 0) is 0 Å². The second kappa shape index (κ2) is 7.34. The van der Waals surface area contributed by atoms with Crippen molar-refractivity contribution >= 4 is 0 Å². The first-order valence-corrected chi connectivity index (χ1v) is 6.47. The summed E-state index contributed by atoms with van der Waals surface area (Å²) in [4.78, 5) is 8.89. The highest BCUT2D eigenvalue weighted by Crippen LogP contribution is 2.25. The van der Waals surface area contributed by atoms with E-state index in [2.05, 4.69) is 48.8 Å². The molecule has 1 rings (SSSR count). The predicted molar refractivity (Wildman–Crippen MR) is 75.0 cm³/mol. The van der Waals surface area contributed by atoms with Gasteiger partial charge in [0.1, 0.15) is 0 Å². The summed E-state index contributed by atoms with van der Waals surface area (Å²) in [6.07, 6.45) is 1.76. The standard InChI is InChI=1S/C14H25N3O/c1-6-16(3)10-11-17(4)12(2)13-8-7-9-15-14(13)18-5/h7-9,12H,6,10-11H2,1-5H3/t12-/m1/s1. The Morgan fingerprint density at radius 3 is 2.67 bits per heavy atom. The molecule has 1 heterocycles. The second-order valence-electron chi connectivity index (χ2n) is 4.65. The topological polar surface area (TPSA) is 28.6 Å². The van der Waals surface area contributed by atoms with Crippen molar-refractivity contribution in [2.45, 2.75) is 19.9 Å². The summed E-state index contributed by atoms with van der Waals surface area (Å²) in [7, 11) is 5.95. The summed E-state index contributed by atoms with van der Waals surface area (Å²) >= 11 is 0. The molecule has 1 aromatic rings. The lowest BCUT2D eigenvalue weighted by molar-refractivity contribution is 0.216. The minimum absolute atomic E-state index is 0.305. The normalized spacial score (nSPS) is 13.1. The van der Waals surface area contributed by atoms with E-state index in [0.29, 0.717) is 6.04 Å². The molecule has 18 heavy (non-hydrogen) atoms. The molecule has 102 valence electrons. The maximum Gasteiger partial charge on any atom is 0.217 e. The Labute approximate surface area is 111 Å². The Morgan fingerprint density at radius 1 is 1.33 bits per heavy atom. The van der Waals surface area contributed by atoms with Gasteiger partial charge in [0.05, 0.1) is 7.11 Å². The molecule has 0 unspecified atom stereocenters. The van der Waals surface area contributed by atoms with Crippen molar-refractivity contribution in [1.82, 2.24) is 14.8 Å². The van der Waals surface area contributed by atoms with Crippen LogP contribution in [0.2, 0.25) is 0 Å². The van der Waals surface area contributed by atoms with Crippen LogP contribution in [0.5, 0.6) is 5.88 Å². The Kier molecular flexibility index (Phi) is 6.09. The van der Waals surface area contributed by atoms with Crippen LogP contribution in [0.15, 0.2) is 18.3 Å². The van der Waals surface area contributed by atoms with Gasteiger partial charge in [0.15, 0.2) is 0 Å². The van der Waals surface area contributed by atoms with Gasteiger partial charge in [-0.2, -0.15) is 0 Å². The number of ether oxygens (including phenoxy) is 1. The smallest absolute Gasteiger partial charge is 0.217 e. The summed E-state index contributed by atoms with van der Waals surface area (Å²) in [6, 6.07) is 4.34. The van der Waals surface area contributed by atoms with E-state index in [-0.39, 0.29) is 0 Å². The lowest BCUT2D eigenvalue weighted by atomic mass is 10.1. The average molecular weight is 251 g/mol. The lowest BCUT2D eigenvalue weighted by Crippen LogP contribution is -2.32. The van der Waals surface area contributed by atoms with Crippen molar-refractivity contribution in [1.29, 1.82) is 0 Å². The lowest BCUT2D eigenvalue weighted by Gasteiger charge is -2.27. The molecule has 1 aromatic heterocycles. The molecular formula is C14H25N3O. The summed E-state index contributed by atoms with van der Waals surface area (Å²) < 4.78 is 5.32. The number of rotatable bonds is 7. The number of aromatic nitrogens is 1.